The molecule has 0 aliphatic heterocycles. The monoisotopic (exact) mass is 547 g/mol. The van der Waals surface area contributed by atoms with Gasteiger partial charge in [-0.05, 0) is 67.9 Å². The molecule has 4 aromatic heterocycles. The minimum atomic E-state index is -0.822. The number of phenols is 1. The van der Waals surface area contributed by atoms with Crippen LogP contribution in [0.1, 0.15) is 27.3 Å². The van der Waals surface area contributed by atoms with Crippen molar-refractivity contribution >= 4 is 28.4 Å². The maximum atomic E-state index is 13.3. The molecule has 0 saturated heterocycles. The van der Waals surface area contributed by atoms with E-state index >= 15 is 0 Å². The van der Waals surface area contributed by atoms with Crippen LogP contribution >= 0.6 is 0 Å². The lowest BCUT2D eigenvalue weighted by atomic mass is 10.0. The highest BCUT2D eigenvalue weighted by Gasteiger charge is 2.23. The molecule has 0 spiro atoms. The van der Waals surface area contributed by atoms with Gasteiger partial charge in [-0.15, -0.1) is 0 Å². The van der Waals surface area contributed by atoms with Gasteiger partial charge in [-0.2, -0.15) is 5.10 Å². The zero-order valence-electron chi connectivity index (χ0n) is 22.8. The minimum absolute atomic E-state index is 0.129. The summed E-state index contributed by atoms with van der Waals surface area (Å²) in [5, 5.41) is 20.8. The number of imidazole rings is 1. The van der Waals surface area contributed by atoms with Gasteiger partial charge < -0.3 is 20.7 Å². The third-order valence-electron chi connectivity index (χ3n) is 7.21. The average Bonchev–Trinajstić information content (AvgIpc) is 3.68. The number of rotatable bonds is 7. The summed E-state index contributed by atoms with van der Waals surface area (Å²) in [5.74, 6) is -0.580. The van der Waals surface area contributed by atoms with Crippen molar-refractivity contribution in [2.24, 2.45) is 0 Å². The van der Waals surface area contributed by atoms with Crippen LogP contribution in [0, 0.1) is 13.8 Å². The molecule has 4 heterocycles. The summed E-state index contributed by atoms with van der Waals surface area (Å²) >= 11 is 0. The van der Waals surface area contributed by atoms with E-state index in [1.165, 1.54) is 7.05 Å². The normalized spacial score (nSPS) is 12.1. The van der Waals surface area contributed by atoms with Crippen molar-refractivity contribution < 1.29 is 14.7 Å². The number of hydrogen-bond donors (Lipinski definition) is 4. The summed E-state index contributed by atoms with van der Waals surface area (Å²) in [7, 11) is 1.53. The van der Waals surface area contributed by atoms with Crippen LogP contribution in [0.15, 0.2) is 79.3 Å². The first kappa shape index (κ1) is 25.9. The number of likely N-dealkylation sites (N-methyl/N-ethyl adjacent to an activating group) is 1. The maximum absolute atomic E-state index is 13.3. The van der Waals surface area contributed by atoms with Gasteiger partial charge in [0.05, 0.1) is 23.3 Å². The van der Waals surface area contributed by atoms with Crippen molar-refractivity contribution in [2.45, 2.75) is 26.3 Å². The Hall–Kier alpha value is -5.38. The molecule has 2 aromatic carbocycles. The fraction of sp³-hybridized carbons (Fsp3) is 0.161. The van der Waals surface area contributed by atoms with Crippen LogP contribution in [0.25, 0.3) is 33.5 Å². The summed E-state index contributed by atoms with van der Waals surface area (Å²) in [6.45, 7) is 3.99. The molecule has 6 rings (SSSR count). The van der Waals surface area contributed by atoms with Gasteiger partial charge in [0, 0.05) is 53.6 Å². The smallest absolute Gasteiger partial charge is 0.252 e. The van der Waals surface area contributed by atoms with Crippen LogP contribution in [0.3, 0.4) is 0 Å². The topological polar surface area (TPSA) is 129 Å². The van der Waals surface area contributed by atoms with E-state index in [9.17, 15) is 14.7 Å². The van der Waals surface area contributed by atoms with E-state index in [0.717, 1.165) is 44.8 Å². The lowest BCUT2D eigenvalue weighted by molar-refractivity contribution is -0.122. The van der Waals surface area contributed by atoms with Crippen molar-refractivity contribution in [2.75, 3.05) is 7.05 Å². The average molecular weight is 548 g/mol. The lowest BCUT2D eigenvalue weighted by Gasteiger charge is -2.17. The Balaban J connectivity index is 1.25. The Kier molecular flexibility index (Phi) is 6.50. The van der Waals surface area contributed by atoms with Gasteiger partial charge in [0.1, 0.15) is 17.4 Å². The first-order valence-corrected chi connectivity index (χ1v) is 13.2. The van der Waals surface area contributed by atoms with Crippen LogP contribution < -0.4 is 10.6 Å². The van der Waals surface area contributed by atoms with Crippen LogP contribution in [-0.4, -0.2) is 54.2 Å². The van der Waals surface area contributed by atoms with Crippen molar-refractivity contribution in [3.05, 3.63) is 102 Å². The fourth-order valence-corrected chi connectivity index (χ4v) is 5.20. The lowest BCUT2D eigenvalue weighted by Crippen LogP contribution is -2.47. The molecule has 2 amide bonds. The summed E-state index contributed by atoms with van der Waals surface area (Å²) in [6, 6.07) is 17.7. The number of H-pyrrole nitrogens is 1. The molecule has 10 nitrogen and oxygen atoms in total. The summed E-state index contributed by atoms with van der Waals surface area (Å²) in [5.41, 5.74) is 7.42. The first-order chi connectivity index (χ1) is 19.8. The zero-order chi connectivity index (χ0) is 28.7. The van der Waals surface area contributed by atoms with Crippen molar-refractivity contribution in [3.63, 3.8) is 0 Å². The summed E-state index contributed by atoms with van der Waals surface area (Å²) < 4.78 is 3.83. The van der Waals surface area contributed by atoms with E-state index in [1.54, 1.807) is 48.9 Å². The largest absolute Gasteiger partial charge is 0.508 e. The van der Waals surface area contributed by atoms with Crippen LogP contribution in [-0.2, 0) is 11.2 Å². The highest BCUT2D eigenvalue weighted by molar-refractivity contribution is 5.98. The molecule has 0 aliphatic carbocycles. The number of carbonyl (C=O) groups excluding carboxylic acids is 2. The number of phenolic OH excluding ortho intramolecular Hbond substituents is 1. The molecule has 10 heteroatoms. The number of aromatic hydroxyl groups is 1. The van der Waals surface area contributed by atoms with E-state index in [-0.39, 0.29) is 24.0 Å². The standard InChI is InChI=1S/C31H29N7O3/c1-18-11-19(2)38(36-18)23-6-4-5-20(12-23)28-17-34-29-14-21(9-10-37(28)29)30(40)35-27(31(41)32-3)13-22-16-33-26-8-7-24(39)15-25(22)26/h4-12,14-17,27,33,39H,13H2,1-3H3,(H,32,41)(H,35,40)/t27-/m0/s1. The predicted molar refractivity (Wildman–Crippen MR) is 156 cm³/mol. The van der Waals surface area contributed by atoms with E-state index in [1.807, 2.05) is 47.2 Å². The number of nitrogens with one attached hydrogen (secondary N) is 3. The molecule has 0 fully saturated rings. The third-order valence-corrected chi connectivity index (χ3v) is 7.21. The Labute approximate surface area is 235 Å². The number of fused-ring (bicyclic) bond motifs is 2. The molecule has 0 unspecified atom stereocenters. The molecule has 0 saturated carbocycles. The van der Waals surface area contributed by atoms with Crippen LogP contribution in [0.2, 0.25) is 0 Å². The van der Waals surface area contributed by atoms with Crippen LogP contribution in [0.4, 0.5) is 0 Å². The van der Waals surface area contributed by atoms with E-state index < -0.39 is 6.04 Å². The number of hydrogen-bond acceptors (Lipinski definition) is 5. The van der Waals surface area contributed by atoms with Crippen molar-refractivity contribution in [3.8, 4) is 22.7 Å². The molecule has 6 aromatic rings. The number of pyridine rings is 1. The van der Waals surface area contributed by atoms with E-state index in [2.05, 4.69) is 31.8 Å². The van der Waals surface area contributed by atoms with Crippen molar-refractivity contribution in [1.29, 1.82) is 0 Å². The number of aromatic nitrogens is 5. The van der Waals surface area contributed by atoms with Crippen molar-refractivity contribution in [1.82, 2.24) is 34.8 Å². The molecule has 41 heavy (non-hydrogen) atoms. The summed E-state index contributed by atoms with van der Waals surface area (Å²) in [6.07, 6.45) is 5.61. The van der Waals surface area contributed by atoms with Gasteiger partial charge in [-0.1, -0.05) is 12.1 Å². The highest BCUT2D eigenvalue weighted by Crippen LogP contribution is 2.26. The van der Waals surface area contributed by atoms with Gasteiger partial charge in [0.25, 0.3) is 5.91 Å². The molecule has 0 radical (unpaired) electrons. The molecule has 0 aliphatic rings. The maximum Gasteiger partial charge on any atom is 0.252 e. The number of carbonyl (C=O) groups is 2. The fourth-order valence-electron chi connectivity index (χ4n) is 5.20. The second-order valence-corrected chi connectivity index (χ2v) is 10.1. The zero-order valence-corrected chi connectivity index (χ0v) is 22.8. The Bertz CT molecular complexity index is 1930. The quantitative estimate of drug-likeness (QED) is 0.239. The first-order valence-electron chi connectivity index (χ1n) is 13.2. The van der Waals surface area contributed by atoms with E-state index in [4.69, 9.17) is 0 Å². The second-order valence-electron chi connectivity index (χ2n) is 10.1. The van der Waals surface area contributed by atoms with E-state index in [0.29, 0.717) is 11.2 Å². The Morgan fingerprint density at radius 1 is 1.07 bits per heavy atom. The number of amides is 2. The van der Waals surface area contributed by atoms with Crippen LogP contribution in [0.5, 0.6) is 5.75 Å². The van der Waals surface area contributed by atoms with Gasteiger partial charge in [0.15, 0.2) is 0 Å². The van der Waals surface area contributed by atoms with Gasteiger partial charge in [-0.3, -0.25) is 14.0 Å². The molecule has 206 valence electrons. The second kappa shape index (κ2) is 10.3. The summed E-state index contributed by atoms with van der Waals surface area (Å²) in [4.78, 5) is 33.7. The molecule has 1 atom stereocenters. The van der Waals surface area contributed by atoms with Gasteiger partial charge in [0.2, 0.25) is 5.91 Å². The minimum Gasteiger partial charge on any atom is -0.508 e. The third kappa shape index (κ3) is 4.91. The number of benzene rings is 2. The SMILES string of the molecule is CNC(=O)[C@H](Cc1c[nH]c2ccc(O)cc12)NC(=O)c1ccn2c(-c3cccc(-n4nc(C)cc4C)c3)cnc2c1. The number of aryl methyl sites for hydroxylation is 2. The molecule has 0 bridgehead atoms. The molecule has 4 N–H and O–H groups in total. The van der Waals surface area contributed by atoms with Gasteiger partial charge in [-0.25, -0.2) is 9.67 Å². The molecular formula is C31H29N7O3. The Morgan fingerprint density at radius 2 is 1.93 bits per heavy atom. The Morgan fingerprint density at radius 3 is 2.71 bits per heavy atom. The molecular weight excluding hydrogens is 518 g/mol. The number of aromatic amines is 1. The predicted octanol–water partition coefficient (Wildman–Crippen LogP) is 4.08. The number of nitrogens with zero attached hydrogens (tertiary/aromatic N) is 4. The van der Waals surface area contributed by atoms with Gasteiger partial charge >= 0.3 is 0 Å². The highest BCUT2D eigenvalue weighted by atomic mass is 16.3.